The maximum absolute atomic E-state index is 9.89. The average molecular weight is 1790 g/mol. The standard InChI is InChI=1S/8C11H11ClN.4BFO2/c8*1-2-13-8-7-10(12)9-5-3-4-6-11(9)13;4*2-1(3)4/h8*3-8H,2H2,1H3;;;;/q8*+1;4*-2. The van der Waals surface area contributed by atoms with Crippen LogP contribution in [0.4, 0.5) is 17.3 Å². The van der Waals surface area contributed by atoms with E-state index in [1.165, 1.54) is 44.1 Å². The topological polar surface area (TPSA) is 216 Å². The van der Waals surface area contributed by atoms with Gasteiger partial charge in [0.05, 0.1) is 83.3 Å². The first kappa shape index (κ1) is 102. The maximum atomic E-state index is 9.89. The van der Waals surface area contributed by atoms with Crippen molar-refractivity contribution in [3.8, 4) is 0 Å². The summed E-state index contributed by atoms with van der Waals surface area (Å²) in [4.78, 5) is 0. The largest absolute Gasteiger partial charge is 0.867 e. The third-order valence-corrected chi connectivity index (χ3v) is 20.3. The van der Waals surface area contributed by atoms with Gasteiger partial charge in [-0.15, -0.1) is 0 Å². The van der Waals surface area contributed by atoms with Crippen molar-refractivity contribution in [2.45, 2.75) is 108 Å². The smallest absolute Gasteiger partial charge is 0.213 e. The van der Waals surface area contributed by atoms with E-state index in [1.807, 2.05) is 244 Å². The third-order valence-electron chi connectivity index (χ3n) is 17.7. The van der Waals surface area contributed by atoms with E-state index in [9.17, 15) is 17.3 Å². The molecule has 0 atom stereocenters. The van der Waals surface area contributed by atoms with Gasteiger partial charge in [-0.25, -0.2) is 0 Å². The van der Waals surface area contributed by atoms with E-state index >= 15 is 0 Å². The number of rotatable bonds is 8. The van der Waals surface area contributed by atoms with Gasteiger partial charge in [0, 0.05) is 97.1 Å². The second-order valence-corrected chi connectivity index (χ2v) is 28.1. The van der Waals surface area contributed by atoms with Crippen LogP contribution in [0.5, 0.6) is 0 Å². The van der Waals surface area contributed by atoms with Crippen LogP contribution in [0.25, 0.3) is 87.2 Å². The van der Waals surface area contributed by atoms with Gasteiger partial charge in [0.1, 0.15) is 81.9 Å². The molecule has 8 heterocycles. The Labute approximate surface area is 738 Å². The molecule has 0 bridgehead atoms. The number of pyridine rings is 8. The van der Waals surface area contributed by atoms with Crippen LogP contribution < -0.4 is 76.7 Å². The predicted molar refractivity (Wildman–Crippen MR) is 466 cm³/mol. The van der Waals surface area contributed by atoms with Gasteiger partial charge in [-0.2, -0.15) is 36.5 Å². The van der Waals surface area contributed by atoms with Gasteiger partial charge < -0.3 is 57.5 Å². The molecule has 16 rings (SSSR count). The van der Waals surface area contributed by atoms with Crippen LogP contribution in [0.1, 0.15) is 55.4 Å². The lowest BCUT2D eigenvalue weighted by Crippen LogP contribution is -2.39. The summed E-state index contributed by atoms with van der Waals surface area (Å²) in [5.41, 5.74) is 9.54. The van der Waals surface area contributed by atoms with Crippen LogP contribution in [0.15, 0.2) is 292 Å². The summed E-state index contributed by atoms with van der Waals surface area (Å²) in [5, 5.41) is 82.0. The number of benzene rings is 8. The van der Waals surface area contributed by atoms with Gasteiger partial charge in [-0.1, -0.05) is 190 Å². The van der Waals surface area contributed by atoms with E-state index in [0.717, 1.165) is 136 Å². The van der Waals surface area contributed by atoms with Crippen LogP contribution in [-0.4, -0.2) is 29.6 Å². The van der Waals surface area contributed by atoms with Crippen molar-refractivity contribution in [1.29, 1.82) is 0 Å². The highest BCUT2D eigenvalue weighted by Crippen LogP contribution is 2.26. The number of halogens is 12. The van der Waals surface area contributed by atoms with Gasteiger partial charge >= 0.3 is 0 Å². The summed E-state index contributed by atoms with van der Waals surface area (Å²) in [5.74, 6) is 0. The second kappa shape index (κ2) is 54.4. The highest BCUT2D eigenvalue weighted by atomic mass is 35.5. The Hall–Kier alpha value is -8.98. The van der Waals surface area contributed by atoms with Gasteiger partial charge in [0.25, 0.3) is 0 Å². The van der Waals surface area contributed by atoms with Gasteiger partial charge in [-0.3, -0.25) is 0 Å². The molecule has 0 amide bonds. The van der Waals surface area contributed by atoms with Gasteiger partial charge in [-0.05, 0) is 104 Å². The number of hydrogen-bond donors (Lipinski definition) is 0. The first-order chi connectivity index (χ1) is 57.5. The van der Waals surface area contributed by atoms with E-state index in [-0.39, 0.29) is 0 Å². The molecule has 0 aliphatic rings. The van der Waals surface area contributed by atoms with Crippen LogP contribution in [-0.2, 0) is 52.4 Å². The minimum absolute atomic E-state index is 0.820. The number of para-hydroxylation sites is 8. The number of nitrogens with zero attached hydrogens (tertiary/aromatic N) is 8. The highest BCUT2D eigenvalue weighted by Gasteiger charge is 2.16. The van der Waals surface area contributed by atoms with E-state index in [2.05, 4.69) is 140 Å². The summed E-state index contributed by atoms with van der Waals surface area (Å²) in [7, 11) is -12.7. The zero-order valence-corrected chi connectivity index (χ0v) is 73.1. The fraction of sp³-hybridized carbons (Fsp3) is 0.182. The summed E-state index contributed by atoms with van der Waals surface area (Å²) in [6, 6.07) is 80.9. The molecule has 0 aliphatic carbocycles. The molecular formula is C88H88B4Cl8F4N8O8. The van der Waals surface area contributed by atoms with Crippen LogP contribution in [0.2, 0.25) is 40.2 Å². The fourth-order valence-electron chi connectivity index (χ4n) is 12.2. The van der Waals surface area contributed by atoms with E-state index in [4.69, 9.17) is 133 Å². The first-order valence-corrected chi connectivity index (χ1v) is 40.9. The van der Waals surface area contributed by atoms with Crippen molar-refractivity contribution in [2.75, 3.05) is 0 Å². The molecule has 0 unspecified atom stereocenters. The molecule has 120 heavy (non-hydrogen) atoms. The second-order valence-electron chi connectivity index (χ2n) is 24.8. The Bertz CT molecular complexity index is 4810. The molecule has 624 valence electrons. The Morgan fingerprint density at radius 3 is 0.350 bits per heavy atom. The van der Waals surface area contributed by atoms with E-state index in [1.54, 1.807) is 0 Å². The van der Waals surface area contributed by atoms with Crippen molar-refractivity contribution < 1.29 is 94.0 Å². The summed E-state index contributed by atoms with van der Waals surface area (Å²) < 4.78 is 57.0. The van der Waals surface area contributed by atoms with E-state index in [0.29, 0.717) is 0 Å². The molecule has 0 aliphatic heterocycles. The SMILES string of the molecule is CC[n+]1ccc(Cl)c2ccccc21.CC[n+]1ccc(Cl)c2ccccc21.CC[n+]1ccc(Cl)c2ccccc21.CC[n+]1ccc(Cl)c2ccccc21.CC[n+]1ccc(Cl)c2ccccc21.CC[n+]1ccc(Cl)c2ccccc21.CC[n+]1ccc(Cl)c2ccccc21.CC[n+]1ccc(Cl)c2ccccc21.[O-]B([O-])F.[O-]B([O-])F.[O-]B([O-])F.[O-]B([O-])F. The van der Waals surface area contributed by atoms with Gasteiger partial charge in [0.15, 0.2) is 49.6 Å². The maximum Gasteiger partial charge on any atom is 0.213 e. The van der Waals surface area contributed by atoms with Crippen molar-refractivity contribution >= 4 is 210 Å². The van der Waals surface area contributed by atoms with Crippen molar-refractivity contribution in [1.82, 2.24) is 0 Å². The lowest BCUT2D eigenvalue weighted by Gasteiger charge is -2.09. The normalized spacial score (nSPS) is 10.1. The summed E-state index contributed by atoms with van der Waals surface area (Å²) in [6.07, 6.45) is 16.1. The molecule has 0 N–H and O–H groups in total. The Morgan fingerprint density at radius 2 is 0.267 bits per heavy atom. The van der Waals surface area contributed by atoms with Crippen LogP contribution in [0, 0.1) is 0 Å². The Balaban J connectivity index is 0.000000238. The zero-order chi connectivity index (χ0) is 88.4. The fourth-order valence-corrected chi connectivity index (χ4v) is 13.9. The lowest BCUT2D eigenvalue weighted by atomic mass is 10.2. The third kappa shape index (κ3) is 32.1. The number of aromatic nitrogens is 8. The van der Waals surface area contributed by atoms with Crippen molar-refractivity contribution in [2.24, 2.45) is 0 Å². The van der Waals surface area contributed by atoms with Crippen molar-refractivity contribution in [3.63, 3.8) is 0 Å². The van der Waals surface area contributed by atoms with Crippen molar-refractivity contribution in [3.05, 3.63) is 332 Å². The minimum Gasteiger partial charge on any atom is -0.867 e. The Morgan fingerprint density at radius 1 is 0.183 bits per heavy atom. The molecule has 8 aromatic carbocycles. The quantitative estimate of drug-likeness (QED) is 0.0808. The molecule has 16 aromatic rings. The molecule has 0 saturated carbocycles. The molecule has 16 nitrogen and oxygen atoms in total. The van der Waals surface area contributed by atoms with Crippen LogP contribution >= 0.6 is 92.8 Å². The predicted octanol–water partition coefficient (Wildman–Crippen LogP) is 13.1. The molecule has 8 aromatic heterocycles. The lowest BCUT2D eigenvalue weighted by molar-refractivity contribution is -0.668. The van der Waals surface area contributed by atoms with E-state index < -0.39 is 29.6 Å². The molecule has 0 fully saturated rings. The monoisotopic (exact) mass is 1780 g/mol. The molecule has 0 radical (unpaired) electrons. The number of aryl methyl sites for hydroxylation is 8. The minimum atomic E-state index is -3.17. The van der Waals surface area contributed by atoms with Gasteiger partial charge in [0.2, 0.25) is 44.1 Å². The molecular weight excluding hydrogens is 1700 g/mol. The van der Waals surface area contributed by atoms with Crippen LogP contribution in [0.3, 0.4) is 0 Å². The summed E-state index contributed by atoms with van der Waals surface area (Å²) in [6.45, 7) is 24.8. The molecule has 0 saturated heterocycles. The average Bonchev–Trinajstić information content (AvgIpc) is 0.874. The number of fused-ring (bicyclic) bond motifs is 8. The number of hydrogen-bond acceptors (Lipinski definition) is 8. The molecule has 32 heteroatoms. The first-order valence-electron chi connectivity index (χ1n) is 37.9. The highest BCUT2D eigenvalue weighted by molar-refractivity contribution is 6.38. The zero-order valence-electron chi connectivity index (χ0n) is 67.1. The Kier molecular flexibility index (Phi) is 46.1. The molecule has 0 spiro atoms. The summed E-state index contributed by atoms with van der Waals surface area (Å²) >= 11 is 48.6.